The maximum absolute atomic E-state index is 11.4. The molecule has 0 N–H and O–H groups in total. The molecule has 0 saturated carbocycles. The van der Waals surface area contributed by atoms with E-state index in [2.05, 4.69) is 10.0 Å². The van der Waals surface area contributed by atoms with E-state index in [-0.39, 0.29) is 5.97 Å². The molecular weight excluding hydrogens is 194 g/mol. The monoisotopic (exact) mass is 205 g/mol. The summed E-state index contributed by atoms with van der Waals surface area (Å²) in [6.07, 6.45) is 0. The molecule has 0 unspecified atom stereocenters. The predicted octanol–water partition coefficient (Wildman–Crippen LogP) is 3.11. The first kappa shape index (κ1) is 11.1. The number of carbonyl (C=O) groups excluding carboxylic acids is 1. The lowest BCUT2D eigenvalue weighted by Crippen LogP contribution is -2.06. The van der Waals surface area contributed by atoms with E-state index in [1.165, 1.54) is 0 Å². The summed E-state index contributed by atoms with van der Waals surface area (Å²) >= 11 is 0. The zero-order valence-corrected chi connectivity index (χ0v) is 8.60. The van der Waals surface area contributed by atoms with Crippen LogP contribution in [0.3, 0.4) is 0 Å². The first-order valence-corrected chi connectivity index (χ1v) is 4.52. The van der Waals surface area contributed by atoms with Crippen LogP contribution < -0.4 is 0 Å². The molecular formula is C10H11N3O2. The number of rotatable bonds is 3. The molecule has 78 valence electrons. The van der Waals surface area contributed by atoms with Crippen molar-refractivity contribution in [3.05, 3.63) is 39.8 Å². The Balaban J connectivity index is 3.02. The summed E-state index contributed by atoms with van der Waals surface area (Å²) in [4.78, 5) is 14.1. The van der Waals surface area contributed by atoms with Crippen molar-refractivity contribution < 1.29 is 9.53 Å². The van der Waals surface area contributed by atoms with E-state index in [0.717, 1.165) is 5.56 Å². The van der Waals surface area contributed by atoms with Crippen LogP contribution in [0.2, 0.25) is 0 Å². The average Bonchev–Trinajstić information content (AvgIpc) is 2.18. The fourth-order valence-corrected chi connectivity index (χ4v) is 1.20. The van der Waals surface area contributed by atoms with Gasteiger partial charge in [-0.3, -0.25) is 0 Å². The van der Waals surface area contributed by atoms with Crippen molar-refractivity contribution in [2.24, 2.45) is 5.11 Å². The third-order valence-corrected chi connectivity index (χ3v) is 1.87. The highest BCUT2D eigenvalue weighted by molar-refractivity contribution is 5.91. The lowest BCUT2D eigenvalue weighted by molar-refractivity contribution is 0.0525. The number of nitrogens with zero attached hydrogens (tertiary/aromatic N) is 3. The Morgan fingerprint density at radius 2 is 2.33 bits per heavy atom. The molecule has 1 aromatic rings. The molecule has 0 aliphatic heterocycles. The molecule has 1 aromatic carbocycles. The van der Waals surface area contributed by atoms with E-state index in [4.69, 9.17) is 10.3 Å². The van der Waals surface area contributed by atoms with Gasteiger partial charge < -0.3 is 4.74 Å². The molecule has 0 heterocycles. The minimum Gasteiger partial charge on any atom is -0.462 e. The van der Waals surface area contributed by atoms with E-state index < -0.39 is 0 Å². The molecule has 15 heavy (non-hydrogen) atoms. The van der Waals surface area contributed by atoms with Crippen molar-refractivity contribution >= 4 is 11.7 Å². The minimum absolute atomic E-state index is 0.344. The minimum atomic E-state index is -0.359. The Kier molecular flexibility index (Phi) is 3.71. The molecule has 0 radical (unpaired) electrons. The second kappa shape index (κ2) is 5.02. The second-order valence-corrected chi connectivity index (χ2v) is 2.91. The Morgan fingerprint density at radius 3 is 2.87 bits per heavy atom. The molecule has 0 bridgehead atoms. The van der Waals surface area contributed by atoms with E-state index >= 15 is 0 Å². The van der Waals surface area contributed by atoms with Gasteiger partial charge in [0, 0.05) is 10.6 Å². The zero-order chi connectivity index (χ0) is 11.3. The first-order chi connectivity index (χ1) is 7.19. The van der Waals surface area contributed by atoms with Gasteiger partial charge in [0.1, 0.15) is 0 Å². The van der Waals surface area contributed by atoms with Crippen molar-refractivity contribution in [2.45, 2.75) is 13.8 Å². The van der Waals surface area contributed by atoms with Gasteiger partial charge in [-0.1, -0.05) is 11.2 Å². The summed E-state index contributed by atoms with van der Waals surface area (Å²) in [5.41, 5.74) is 9.96. The smallest absolute Gasteiger partial charge is 0.338 e. The number of azide groups is 1. The van der Waals surface area contributed by atoms with E-state index in [9.17, 15) is 4.79 Å². The lowest BCUT2D eigenvalue weighted by Gasteiger charge is -2.05. The number of benzene rings is 1. The zero-order valence-electron chi connectivity index (χ0n) is 8.60. The summed E-state index contributed by atoms with van der Waals surface area (Å²) < 4.78 is 4.87. The van der Waals surface area contributed by atoms with Gasteiger partial charge in [0.05, 0.1) is 12.2 Å². The molecule has 5 nitrogen and oxygen atoms in total. The third kappa shape index (κ3) is 2.72. The summed E-state index contributed by atoms with van der Waals surface area (Å²) in [6, 6.07) is 4.82. The quantitative estimate of drug-likeness (QED) is 0.329. The van der Waals surface area contributed by atoms with Gasteiger partial charge in [0.25, 0.3) is 0 Å². The molecule has 0 spiro atoms. The molecule has 0 aliphatic carbocycles. The van der Waals surface area contributed by atoms with Gasteiger partial charge in [0.2, 0.25) is 0 Å². The number of hydrogen-bond donors (Lipinski definition) is 0. The van der Waals surface area contributed by atoms with Crippen LogP contribution in [0.1, 0.15) is 22.8 Å². The topological polar surface area (TPSA) is 75.1 Å². The van der Waals surface area contributed by atoms with Crippen LogP contribution in [0.4, 0.5) is 5.69 Å². The highest BCUT2D eigenvalue weighted by Gasteiger charge is 2.09. The number of aryl methyl sites for hydroxylation is 1. The Hall–Kier alpha value is -2.00. The van der Waals surface area contributed by atoms with Crippen LogP contribution in [-0.4, -0.2) is 12.6 Å². The van der Waals surface area contributed by atoms with Crippen molar-refractivity contribution in [3.63, 3.8) is 0 Å². The Morgan fingerprint density at radius 1 is 1.60 bits per heavy atom. The van der Waals surface area contributed by atoms with Crippen molar-refractivity contribution in [2.75, 3.05) is 6.61 Å². The summed E-state index contributed by atoms with van der Waals surface area (Å²) in [5.74, 6) is -0.359. The first-order valence-electron chi connectivity index (χ1n) is 4.52. The fourth-order valence-electron chi connectivity index (χ4n) is 1.20. The largest absolute Gasteiger partial charge is 0.462 e. The average molecular weight is 205 g/mol. The molecule has 5 heteroatoms. The van der Waals surface area contributed by atoms with Crippen LogP contribution in [0.5, 0.6) is 0 Å². The number of hydrogen-bond acceptors (Lipinski definition) is 3. The van der Waals surface area contributed by atoms with Gasteiger partial charge in [0.15, 0.2) is 0 Å². The van der Waals surface area contributed by atoms with Crippen LogP contribution in [0.15, 0.2) is 23.3 Å². The maximum atomic E-state index is 11.4. The number of ether oxygens (including phenoxy) is 1. The van der Waals surface area contributed by atoms with E-state index in [1.807, 2.05) is 0 Å². The van der Waals surface area contributed by atoms with Crippen molar-refractivity contribution in [1.29, 1.82) is 0 Å². The normalized spacial score (nSPS) is 9.20. The summed E-state index contributed by atoms with van der Waals surface area (Å²) in [5, 5.41) is 3.44. The van der Waals surface area contributed by atoms with Gasteiger partial charge in [-0.25, -0.2) is 4.79 Å². The molecule has 0 aromatic heterocycles. The SMILES string of the molecule is CCOC(=O)c1ccc(N=[N+]=[N-])cc1C. The molecule has 0 fully saturated rings. The predicted molar refractivity (Wildman–Crippen MR) is 55.9 cm³/mol. The summed E-state index contributed by atoms with van der Waals surface area (Å²) in [7, 11) is 0. The second-order valence-electron chi connectivity index (χ2n) is 2.91. The van der Waals surface area contributed by atoms with E-state index in [1.54, 1.807) is 32.0 Å². The van der Waals surface area contributed by atoms with Crippen LogP contribution in [0, 0.1) is 6.92 Å². The van der Waals surface area contributed by atoms with Crippen LogP contribution in [-0.2, 0) is 4.74 Å². The number of esters is 1. The molecule has 1 rings (SSSR count). The Bertz CT molecular complexity index is 423. The van der Waals surface area contributed by atoms with Crippen molar-refractivity contribution in [3.8, 4) is 0 Å². The molecule has 0 atom stereocenters. The fraction of sp³-hybridized carbons (Fsp3) is 0.300. The highest BCUT2D eigenvalue weighted by atomic mass is 16.5. The third-order valence-electron chi connectivity index (χ3n) is 1.87. The van der Waals surface area contributed by atoms with Gasteiger partial charge in [-0.2, -0.15) is 0 Å². The lowest BCUT2D eigenvalue weighted by atomic mass is 10.1. The van der Waals surface area contributed by atoms with Gasteiger partial charge >= 0.3 is 5.97 Å². The molecule has 0 aliphatic rings. The van der Waals surface area contributed by atoms with Gasteiger partial charge in [-0.05, 0) is 37.1 Å². The maximum Gasteiger partial charge on any atom is 0.338 e. The van der Waals surface area contributed by atoms with E-state index in [0.29, 0.717) is 17.9 Å². The standard InChI is InChI=1S/C10H11N3O2/c1-3-15-10(14)9-5-4-8(12-13-11)6-7(9)2/h4-6H,3H2,1-2H3. The van der Waals surface area contributed by atoms with Crippen LogP contribution in [0.25, 0.3) is 10.4 Å². The molecule has 0 amide bonds. The Labute approximate surface area is 87.3 Å². The van der Waals surface area contributed by atoms with Gasteiger partial charge in [-0.15, -0.1) is 0 Å². The van der Waals surface area contributed by atoms with Crippen LogP contribution >= 0.6 is 0 Å². The molecule has 0 saturated heterocycles. The highest BCUT2D eigenvalue weighted by Crippen LogP contribution is 2.18. The number of carbonyl (C=O) groups is 1. The van der Waals surface area contributed by atoms with Crippen molar-refractivity contribution in [1.82, 2.24) is 0 Å². The summed E-state index contributed by atoms with van der Waals surface area (Å²) in [6.45, 7) is 3.86.